The molecular formula is C23H20ClN3O3S. The molecule has 0 aliphatic heterocycles. The summed E-state index contributed by atoms with van der Waals surface area (Å²) in [4.78, 5) is 25.7. The molecule has 31 heavy (non-hydrogen) atoms. The van der Waals surface area contributed by atoms with Crippen molar-refractivity contribution in [2.45, 2.75) is 24.2 Å². The van der Waals surface area contributed by atoms with Crippen molar-refractivity contribution in [1.82, 2.24) is 14.3 Å². The van der Waals surface area contributed by atoms with Crippen LogP contribution in [0, 0.1) is 6.92 Å². The second-order valence-electron chi connectivity index (χ2n) is 7.13. The van der Waals surface area contributed by atoms with Gasteiger partial charge in [0.25, 0.3) is 5.56 Å². The van der Waals surface area contributed by atoms with Crippen LogP contribution in [0.15, 0.2) is 79.8 Å². The van der Waals surface area contributed by atoms with Crippen molar-refractivity contribution in [2.75, 3.05) is 0 Å². The van der Waals surface area contributed by atoms with Crippen molar-refractivity contribution < 1.29 is 4.52 Å². The van der Waals surface area contributed by atoms with Gasteiger partial charge in [0.05, 0.1) is 17.3 Å². The Morgan fingerprint density at radius 1 is 1.06 bits per heavy atom. The number of aromatic nitrogens is 3. The van der Waals surface area contributed by atoms with Gasteiger partial charge in [-0.1, -0.05) is 47.1 Å². The van der Waals surface area contributed by atoms with Gasteiger partial charge in [-0.05, 0) is 36.8 Å². The van der Waals surface area contributed by atoms with Crippen LogP contribution in [0.2, 0.25) is 5.02 Å². The van der Waals surface area contributed by atoms with E-state index in [1.807, 2.05) is 48.5 Å². The van der Waals surface area contributed by atoms with Crippen LogP contribution in [0.1, 0.15) is 16.8 Å². The van der Waals surface area contributed by atoms with E-state index in [4.69, 9.17) is 16.1 Å². The Hall–Kier alpha value is -3.03. The van der Waals surface area contributed by atoms with E-state index in [1.165, 1.54) is 20.9 Å². The van der Waals surface area contributed by atoms with E-state index in [-0.39, 0.29) is 17.8 Å². The SMILES string of the molecule is Cc1c(SCc2cc(-c3ccc(Cl)cc3)on2)n(C)c(=O)n(Cc2ccccc2)c1=O. The Morgan fingerprint density at radius 2 is 1.77 bits per heavy atom. The molecule has 0 atom stereocenters. The Bertz CT molecular complexity index is 1290. The van der Waals surface area contributed by atoms with Gasteiger partial charge in [0.2, 0.25) is 0 Å². The molecule has 0 aliphatic carbocycles. The standard InChI is InChI=1S/C23H20ClN3O3S/c1-15-21(28)27(13-16-6-4-3-5-7-16)23(29)26(2)22(15)31-14-19-12-20(30-25-19)17-8-10-18(24)11-9-17/h3-12H,13-14H2,1-2H3. The van der Waals surface area contributed by atoms with Crippen LogP contribution in [0.5, 0.6) is 0 Å². The average Bonchev–Trinajstić information content (AvgIpc) is 3.25. The normalized spacial score (nSPS) is 11.1. The Labute approximate surface area is 188 Å². The number of nitrogens with zero attached hydrogens (tertiary/aromatic N) is 3. The zero-order chi connectivity index (χ0) is 22.0. The van der Waals surface area contributed by atoms with Crippen molar-refractivity contribution >= 4 is 23.4 Å². The smallest absolute Gasteiger partial charge is 0.331 e. The van der Waals surface area contributed by atoms with Crippen LogP contribution >= 0.6 is 23.4 Å². The fourth-order valence-electron chi connectivity index (χ4n) is 3.28. The monoisotopic (exact) mass is 453 g/mol. The Balaban J connectivity index is 1.56. The van der Waals surface area contributed by atoms with Crippen LogP contribution in [0.4, 0.5) is 0 Å². The summed E-state index contributed by atoms with van der Waals surface area (Å²) in [7, 11) is 1.68. The van der Waals surface area contributed by atoms with Crippen LogP contribution in [-0.2, 0) is 19.3 Å². The van der Waals surface area contributed by atoms with E-state index in [0.29, 0.717) is 27.1 Å². The van der Waals surface area contributed by atoms with Crippen molar-refractivity contribution in [3.8, 4) is 11.3 Å². The largest absolute Gasteiger partial charge is 0.356 e. The second-order valence-corrected chi connectivity index (χ2v) is 8.53. The van der Waals surface area contributed by atoms with E-state index in [0.717, 1.165) is 16.8 Å². The molecule has 0 saturated carbocycles. The molecule has 4 rings (SSSR count). The van der Waals surface area contributed by atoms with Gasteiger partial charge in [0.15, 0.2) is 5.76 Å². The molecule has 8 heteroatoms. The first-order valence-corrected chi connectivity index (χ1v) is 11.0. The lowest BCUT2D eigenvalue weighted by atomic mass is 10.2. The zero-order valence-electron chi connectivity index (χ0n) is 17.0. The average molecular weight is 454 g/mol. The maximum atomic E-state index is 12.9. The van der Waals surface area contributed by atoms with Gasteiger partial charge in [-0.2, -0.15) is 0 Å². The Morgan fingerprint density at radius 3 is 2.48 bits per heavy atom. The first kappa shape index (κ1) is 21.2. The molecule has 0 radical (unpaired) electrons. The molecule has 0 fully saturated rings. The van der Waals surface area contributed by atoms with Crippen LogP contribution in [0.3, 0.4) is 0 Å². The molecule has 0 saturated heterocycles. The highest BCUT2D eigenvalue weighted by atomic mass is 35.5. The minimum atomic E-state index is -0.344. The van der Waals surface area contributed by atoms with Crippen molar-refractivity contribution in [3.63, 3.8) is 0 Å². The molecule has 0 unspecified atom stereocenters. The van der Waals surface area contributed by atoms with Crippen LogP contribution in [0.25, 0.3) is 11.3 Å². The molecule has 0 N–H and O–H groups in total. The summed E-state index contributed by atoms with van der Waals surface area (Å²) in [6.45, 7) is 1.99. The summed E-state index contributed by atoms with van der Waals surface area (Å²) in [5.74, 6) is 1.10. The highest BCUT2D eigenvalue weighted by Crippen LogP contribution is 2.27. The lowest BCUT2D eigenvalue weighted by Gasteiger charge is -2.14. The van der Waals surface area contributed by atoms with Gasteiger partial charge >= 0.3 is 5.69 Å². The van der Waals surface area contributed by atoms with Crippen LogP contribution in [-0.4, -0.2) is 14.3 Å². The lowest BCUT2D eigenvalue weighted by Crippen LogP contribution is -2.41. The topological polar surface area (TPSA) is 70.0 Å². The minimum Gasteiger partial charge on any atom is -0.356 e. The molecule has 158 valence electrons. The molecule has 2 heterocycles. The fraction of sp³-hybridized carbons (Fsp3) is 0.174. The zero-order valence-corrected chi connectivity index (χ0v) is 18.6. The molecule has 2 aromatic heterocycles. The van der Waals surface area contributed by atoms with Crippen LogP contribution < -0.4 is 11.2 Å². The van der Waals surface area contributed by atoms with Crippen molar-refractivity contribution in [3.05, 3.63) is 103 Å². The summed E-state index contributed by atoms with van der Waals surface area (Å²) < 4.78 is 8.22. The number of hydrogen-bond donors (Lipinski definition) is 0. The molecule has 2 aromatic carbocycles. The highest BCUT2D eigenvalue weighted by Gasteiger charge is 2.16. The number of thioether (sulfide) groups is 1. The van der Waals surface area contributed by atoms with Crippen molar-refractivity contribution in [1.29, 1.82) is 0 Å². The molecule has 0 bridgehead atoms. The fourth-order valence-corrected chi connectivity index (χ4v) is 4.41. The molecule has 0 spiro atoms. The van der Waals surface area contributed by atoms with Crippen molar-refractivity contribution in [2.24, 2.45) is 7.05 Å². The van der Waals surface area contributed by atoms with Gasteiger partial charge in [0.1, 0.15) is 0 Å². The Kier molecular flexibility index (Phi) is 6.15. The number of benzene rings is 2. The first-order chi connectivity index (χ1) is 14.9. The highest BCUT2D eigenvalue weighted by molar-refractivity contribution is 7.98. The third kappa shape index (κ3) is 4.52. The third-order valence-electron chi connectivity index (χ3n) is 4.94. The predicted octanol–water partition coefficient (Wildman–Crippen LogP) is 4.50. The van der Waals surface area contributed by atoms with Gasteiger partial charge in [0, 0.05) is 35.0 Å². The maximum absolute atomic E-state index is 12.9. The van der Waals surface area contributed by atoms with E-state index >= 15 is 0 Å². The number of halogens is 1. The summed E-state index contributed by atoms with van der Waals surface area (Å²) in [6, 6.07) is 18.6. The summed E-state index contributed by atoms with van der Waals surface area (Å²) in [5, 5.41) is 5.38. The predicted molar refractivity (Wildman–Crippen MR) is 123 cm³/mol. The van der Waals surface area contributed by atoms with E-state index in [1.54, 1.807) is 26.1 Å². The summed E-state index contributed by atoms with van der Waals surface area (Å²) in [6.07, 6.45) is 0. The minimum absolute atomic E-state index is 0.242. The van der Waals surface area contributed by atoms with E-state index in [9.17, 15) is 9.59 Å². The number of rotatable bonds is 6. The maximum Gasteiger partial charge on any atom is 0.331 e. The first-order valence-electron chi connectivity index (χ1n) is 9.62. The van der Waals surface area contributed by atoms with E-state index in [2.05, 4.69) is 5.16 Å². The van der Waals surface area contributed by atoms with Gasteiger partial charge in [-0.15, -0.1) is 11.8 Å². The van der Waals surface area contributed by atoms with E-state index < -0.39 is 0 Å². The lowest BCUT2D eigenvalue weighted by molar-refractivity contribution is 0.426. The van der Waals surface area contributed by atoms with Gasteiger partial charge < -0.3 is 4.52 Å². The number of hydrogen-bond acceptors (Lipinski definition) is 5. The third-order valence-corrected chi connectivity index (χ3v) is 6.48. The molecule has 6 nitrogen and oxygen atoms in total. The summed E-state index contributed by atoms with van der Waals surface area (Å²) in [5.41, 5.74) is 2.40. The van der Waals surface area contributed by atoms with Gasteiger partial charge in [-0.25, -0.2) is 4.79 Å². The molecular weight excluding hydrogens is 434 g/mol. The molecule has 0 aliphatic rings. The molecule has 0 amide bonds. The quantitative estimate of drug-likeness (QED) is 0.317. The molecule has 4 aromatic rings. The second kappa shape index (κ2) is 8.99. The van der Waals surface area contributed by atoms with Gasteiger partial charge in [-0.3, -0.25) is 13.9 Å². The summed E-state index contributed by atoms with van der Waals surface area (Å²) >= 11 is 7.32.